The second-order valence-electron chi connectivity index (χ2n) is 5.01. The first-order valence-electron chi connectivity index (χ1n) is 7.07. The van der Waals surface area contributed by atoms with Gasteiger partial charge in [-0.15, -0.1) is 0 Å². The SMILES string of the molecule is CCOc1ccc(C(C)NC(C)c2nccn2C)cc1. The fourth-order valence-corrected chi connectivity index (χ4v) is 2.36. The molecule has 0 spiro atoms. The molecule has 2 atom stereocenters. The van der Waals surface area contributed by atoms with E-state index in [1.807, 2.05) is 43.1 Å². The van der Waals surface area contributed by atoms with Crippen molar-refractivity contribution < 1.29 is 4.74 Å². The Hall–Kier alpha value is -1.81. The molecular weight excluding hydrogens is 250 g/mol. The fraction of sp³-hybridized carbons (Fsp3) is 0.438. The van der Waals surface area contributed by atoms with E-state index in [1.54, 1.807) is 0 Å². The smallest absolute Gasteiger partial charge is 0.125 e. The van der Waals surface area contributed by atoms with Crippen LogP contribution in [0, 0.1) is 0 Å². The van der Waals surface area contributed by atoms with Crippen molar-refractivity contribution in [1.82, 2.24) is 14.9 Å². The highest BCUT2D eigenvalue weighted by Crippen LogP contribution is 2.20. The predicted octanol–water partition coefficient (Wildman–Crippen LogP) is 3.23. The Labute approximate surface area is 120 Å². The van der Waals surface area contributed by atoms with Gasteiger partial charge in [0.05, 0.1) is 12.6 Å². The maximum Gasteiger partial charge on any atom is 0.125 e. The van der Waals surface area contributed by atoms with Crippen LogP contribution < -0.4 is 10.1 Å². The molecule has 1 N–H and O–H groups in total. The van der Waals surface area contributed by atoms with Crippen LogP contribution in [0.2, 0.25) is 0 Å². The van der Waals surface area contributed by atoms with Crippen molar-refractivity contribution in [3.63, 3.8) is 0 Å². The van der Waals surface area contributed by atoms with Gasteiger partial charge in [-0.2, -0.15) is 0 Å². The maximum absolute atomic E-state index is 5.46. The Kier molecular flexibility index (Phi) is 4.79. The van der Waals surface area contributed by atoms with Gasteiger partial charge < -0.3 is 14.6 Å². The molecule has 2 unspecified atom stereocenters. The molecule has 0 aliphatic carbocycles. The molecule has 0 saturated heterocycles. The van der Waals surface area contributed by atoms with Gasteiger partial charge in [-0.05, 0) is 38.5 Å². The molecule has 0 saturated carbocycles. The highest BCUT2D eigenvalue weighted by atomic mass is 16.5. The van der Waals surface area contributed by atoms with Crippen molar-refractivity contribution >= 4 is 0 Å². The normalized spacial score (nSPS) is 14.0. The van der Waals surface area contributed by atoms with Crippen molar-refractivity contribution in [3.8, 4) is 5.75 Å². The predicted molar refractivity (Wildman–Crippen MR) is 80.8 cm³/mol. The monoisotopic (exact) mass is 273 g/mol. The van der Waals surface area contributed by atoms with Crippen LogP contribution in [0.25, 0.3) is 0 Å². The van der Waals surface area contributed by atoms with E-state index in [9.17, 15) is 0 Å². The summed E-state index contributed by atoms with van der Waals surface area (Å²) in [4.78, 5) is 4.38. The van der Waals surface area contributed by atoms with Gasteiger partial charge in [0.1, 0.15) is 11.6 Å². The quantitative estimate of drug-likeness (QED) is 0.878. The van der Waals surface area contributed by atoms with Crippen LogP contribution in [-0.4, -0.2) is 16.2 Å². The zero-order valence-corrected chi connectivity index (χ0v) is 12.6. The molecule has 2 aromatic rings. The minimum Gasteiger partial charge on any atom is -0.494 e. The van der Waals surface area contributed by atoms with Gasteiger partial charge in [0.25, 0.3) is 0 Å². The minimum atomic E-state index is 0.205. The van der Waals surface area contributed by atoms with E-state index < -0.39 is 0 Å². The van der Waals surface area contributed by atoms with E-state index in [0.717, 1.165) is 11.6 Å². The molecule has 0 fully saturated rings. The maximum atomic E-state index is 5.46. The number of hydrogen-bond donors (Lipinski definition) is 1. The van der Waals surface area contributed by atoms with Crippen molar-refractivity contribution in [2.45, 2.75) is 32.9 Å². The summed E-state index contributed by atoms with van der Waals surface area (Å²) in [5.74, 6) is 1.96. The van der Waals surface area contributed by atoms with Crippen LogP contribution in [0.3, 0.4) is 0 Å². The number of aryl methyl sites for hydroxylation is 1. The number of nitrogens with one attached hydrogen (secondary N) is 1. The van der Waals surface area contributed by atoms with Gasteiger partial charge in [0.2, 0.25) is 0 Å². The summed E-state index contributed by atoms with van der Waals surface area (Å²) in [6.45, 7) is 6.98. The van der Waals surface area contributed by atoms with Crippen molar-refractivity contribution in [1.29, 1.82) is 0 Å². The third kappa shape index (κ3) is 3.39. The molecule has 1 heterocycles. The van der Waals surface area contributed by atoms with Crippen LogP contribution in [-0.2, 0) is 7.05 Å². The highest BCUT2D eigenvalue weighted by molar-refractivity contribution is 5.29. The molecule has 20 heavy (non-hydrogen) atoms. The van der Waals surface area contributed by atoms with Gasteiger partial charge in [0, 0.05) is 25.5 Å². The van der Waals surface area contributed by atoms with E-state index in [4.69, 9.17) is 4.74 Å². The topological polar surface area (TPSA) is 39.1 Å². The Balaban J connectivity index is 2.00. The number of nitrogens with zero attached hydrogens (tertiary/aromatic N) is 2. The van der Waals surface area contributed by atoms with Gasteiger partial charge in [-0.1, -0.05) is 12.1 Å². The minimum absolute atomic E-state index is 0.205. The van der Waals surface area contributed by atoms with Crippen LogP contribution in [0.1, 0.15) is 44.2 Å². The summed E-state index contributed by atoms with van der Waals surface area (Å²) in [6.07, 6.45) is 3.80. The molecule has 108 valence electrons. The van der Waals surface area contributed by atoms with Crippen molar-refractivity contribution in [2.75, 3.05) is 6.61 Å². The lowest BCUT2D eigenvalue weighted by atomic mass is 10.1. The molecule has 1 aromatic carbocycles. The molecule has 0 bridgehead atoms. The van der Waals surface area contributed by atoms with Crippen molar-refractivity contribution in [2.24, 2.45) is 7.05 Å². The van der Waals surface area contributed by atoms with Gasteiger partial charge in [-0.3, -0.25) is 0 Å². The molecule has 0 amide bonds. The molecule has 2 rings (SSSR count). The third-order valence-electron chi connectivity index (χ3n) is 3.44. The molecule has 1 aromatic heterocycles. The van der Waals surface area contributed by atoms with Crippen LogP contribution >= 0.6 is 0 Å². The van der Waals surface area contributed by atoms with E-state index in [-0.39, 0.29) is 12.1 Å². The summed E-state index contributed by atoms with van der Waals surface area (Å²) in [5, 5.41) is 3.57. The largest absolute Gasteiger partial charge is 0.494 e. The van der Waals surface area contributed by atoms with E-state index >= 15 is 0 Å². The van der Waals surface area contributed by atoms with E-state index in [1.165, 1.54) is 5.56 Å². The average molecular weight is 273 g/mol. The molecule has 0 aliphatic heterocycles. The Bertz CT molecular complexity index is 533. The third-order valence-corrected chi connectivity index (χ3v) is 3.44. The van der Waals surface area contributed by atoms with Crippen LogP contribution in [0.15, 0.2) is 36.7 Å². The number of hydrogen-bond acceptors (Lipinski definition) is 3. The fourth-order valence-electron chi connectivity index (χ4n) is 2.36. The molecular formula is C16H23N3O. The summed E-state index contributed by atoms with van der Waals surface area (Å²) < 4.78 is 7.51. The zero-order valence-electron chi connectivity index (χ0n) is 12.6. The van der Waals surface area contributed by atoms with E-state index in [0.29, 0.717) is 6.61 Å². The first-order valence-corrected chi connectivity index (χ1v) is 7.07. The highest BCUT2D eigenvalue weighted by Gasteiger charge is 2.14. The average Bonchev–Trinajstić information content (AvgIpc) is 2.86. The van der Waals surface area contributed by atoms with Crippen LogP contribution in [0.5, 0.6) is 5.75 Å². The summed E-state index contributed by atoms with van der Waals surface area (Å²) >= 11 is 0. The Morgan fingerprint density at radius 1 is 1.20 bits per heavy atom. The van der Waals surface area contributed by atoms with Crippen LogP contribution in [0.4, 0.5) is 0 Å². The number of imidazole rings is 1. The lowest BCUT2D eigenvalue weighted by molar-refractivity contribution is 0.340. The van der Waals surface area contributed by atoms with Gasteiger partial charge in [-0.25, -0.2) is 4.98 Å². The Morgan fingerprint density at radius 2 is 1.90 bits per heavy atom. The summed E-state index contributed by atoms with van der Waals surface area (Å²) in [6, 6.07) is 8.71. The zero-order chi connectivity index (χ0) is 14.5. The second kappa shape index (κ2) is 6.57. The lowest BCUT2D eigenvalue weighted by Crippen LogP contribution is -2.24. The molecule has 4 heteroatoms. The summed E-state index contributed by atoms with van der Waals surface area (Å²) in [5.41, 5.74) is 1.24. The first kappa shape index (κ1) is 14.6. The molecule has 0 aliphatic rings. The number of aromatic nitrogens is 2. The first-order chi connectivity index (χ1) is 9.61. The molecule has 4 nitrogen and oxygen atoms in total. The van der Waals surface area contributed by atoms with Crippen molar-refractivity contribution in [3.05, 3.63) is 48.0 Å². The van der Waals surface area contributed by atoms with Gasteiger partial charge >= 0.3 is 0 Å². The number of benzene rings is 1. The standard InChI is InChI=1S/C16H23N3O/c1-5-20-15-8-6-14(7-9-15)12(2)18-13(3)16-17-10-11-19(16)4/h6-13,18H,5H2,1-4H3. The van der Waals surface area contributed by atoms with Gasteiger partial charge in [0.15, 0.2) is 0 Å². The number of rotatable bonds is 6. The number of ether oxygens (including phenoxy) is 1. The lowest BCUT2D eigenvalue weighted by Gasteiger charge is -2.20. The summed E-state index contributed by atoms with van der Waals surface area (Å²) in [7, 11) is 2.02. The second-order valence-corrected chi connectivity index (χ2v) is 5.01. The van der Waals surface area contributed by atoms with E-state index in [2.05, 4.69) is 36.3 Å². The Morgan fingerprint density at radius 3 is 2.45 bits per heavy atom. The molecule has 0 radical (unpaired) electrons.